The number of carbonyl (C=O) groups excluding carboxylic acids is 1. The van der Waals surface area contributed by atoms with Crippen LogP contribution in [0.3, 0.4) is 0 Å². The zero-order valence-corrected chi connectivity index (χ0v) is 12.0. The van der Waals surface area contributed by atoms with E-state index in [1.807, 2.05) is 42.5 Å². The summed E-state index contributed by atoms with van der Waals surface area (Å²) in [6.45, 7) is 1.36. The Morgan fingerprint density at radius 3 is 1.95 bits per heavy atom. The summed E-state index contributed by atoms with van der Waals surface area (Å²) in [6, 6.07) is 16.1. The van der Waals surface area contributed by atoms with Crippen molar-refractivity contribution in [2.24, 2.45) is 0 Å². The highest BCUT2D eigenvalue weighted by molar-refractivity contribution is 5.83. The van der Waals surface area contributed by atoms with Crippen molar-refractivity contribution in [1.29, 1.82) is 0 Å². The van der Waals surface area contributed by atoms with Gasteiger partial charge in [-0.15, -0.1) is 0 Å². The summed E-state index contributed by atoms with van der Waals surface area (Å²) in [5, 5.41) is 9.34. The number of benzene rings is 2. The minimum atomic E-state index is -1.04. The molecule has 2 aromatic carbocycles. The molecule has 4 nitrogen and oxygen atoms in total. The Bertz CT molecular complexity index is 635. The van der Waals surface area contributed by atoms with E-state index in [0.29, 0.717) is 5.56 Å². The van der Waals surface area contributed by atoms with E-state index in [1.54, 1.807) is 12.1 Å². The third-order valence-electron chi connectivity index (χ3n) is 3.45. The van der Waals surface area contributed by atoms with E-state index in [-0.39, 0.29) is 5.91 Å². The largest absolute Gasteiger partial charge is 0.479 e. The number of likely N-dealkylation sites (N-methyl/N-ethyl adjacent to an activating group) is 1. The molecule has 21 heavy (non-hydrogen) atoms. The number of hydrogen-bond acceptors (Lipinski definition) is 2. The van der Waals surface area contributed by atoms with Gasteiger partial charge in [0.2, 0.25) is 5.91 Å². The van der Waals surface area contributed by atoms with Crippen LogP contribution in [0.15, 0.2) is 54.6 Å². The van der Waals surface area contributed by atoms with Gasteiger partial charge in [-0.05, 0) is 16.7 Å². The molecule has 0 spiro atoms. The monoisotopic (exact) mass is 283 g/mol. The molecule has 0 fully saturated rings. The second-order valence-corrected chi connectivity index (χ2v) is 4.86. The molecule has 0 aromatic heterocycles. The van der Waals surface area contributed by atoms with Gasteiger partial charge in [0.15, 0.2) is 6.04 Å². The summed E-state index contributed by atoms with van der Waals surface area (Å²) < 4.78 is 0. The van der Waals surface area contributed by atoms with Crippen molar-refractivity contribution in [3.8, 4) is 11.1 Å². The Morgan fingerprint density at radius 1 is 0.952 bits per heavy atom. The number of carbonyl (C=O) groups is 2. The topological polar surface area (TPSA) is 57.6 Å². The highest BCUT2D eigenvalue weighted by Crippen LogP contribution is 2.24. The van der Waals surface area contributed by atoms with Crippen molar-refractivity contribution in [3.05, 3.63) is 60.2 Å². The smallest absolute Gasteiger partial charge is 0.331 e. The van der Waals surface area contributed by atoms with Crippen LogP contribution in [-0.2, 0) is 9.59 Å². The van der Waals surface area contributed by atoms with Crippen LogP contribution in [-0.4, -0.2) is 28.9 Å². The summed E-state index contributed by atoms with van der Waals surface area (Å²) >= 11 is 0. The fourth-order valence-electron chi connectivity index (χ4n) is 2.20. The van der Waals surface area contributed by atoms with E-state index in [1.165, 1.54) is 18.9 Å². The van der Waals surface area contributed by atoms with Gasteiger partial charge in [-0.1, -0.05) is 54.6 Å². The fraction of sp³-hybridized carbons (Fsp3) is 0.176. The van der Waals surface area contributed by atoms with E-state index in [0.717, 1.165) is 11.1 Å². The van der Waals surface area contributed by atoms with E-state index < -0.39 is 12.0 Å². The molecule has 0 bridgehead atoms. The van der Waals surface area contributed by atoms with Crippen LogP contribution in [0.4, 0.5) is 0 Å². The van der Waals surface area contributed by atoms with Crippen LogP contribution >= 0.6 is 0 Å². The lowest BCUT2D eigenvalue weighted by molar-refractivity contribution is -0.148. The average Bonchev–Trinajstić information content (AvgIpc) is 2.48. The van der Waals surface area contributed by atoms with E-state index in [4.69, 9.17) is 0 Å². The molecule has 0 radical (unpaired) electrons. The van der Waals surface area contributed by atoms with Gasteiger partial charge >= 0.3 is 5.97 Å². The van der Waals surface area contributed by atoms with Crippen LogP contribution in [0.5, 0.6) is 0 Å². The van der Waals surface area contributed by atoms with Crippen molar-refractivity contribution < 1.29 is 14.7 Å². The Hall–Kier alpha value is -2.62. The molecule has 0 aliphatic heterocycles. The summed E-state index contributed by atoms with van der Waals surface area (Å²) in [4.78, 5) is 24.0. The van der Waals surface area contributed by atoms with Crippen molar-refractivity contribution >= 4 is 11.9 Å². The predicted molar refractivity (Wildman–Crippen MR) is 80.7 cm³/mol. The van der Waals surface area contributed by atoms with Gasteiger partial charge in [-0.3, -0.25) is 4.79 Å². The molecule has 4 heteroatoms. The lowest BCUT2D eigenvalue weighted by atomic mass is 10.00. The number of hydrogen-bond donors (Lipinski definition) is 1. The molecular weight excluding hydrogens is 266 g/mol. The molecule has 0 saturated heterocycles. The third kappa shape index (κ3) is 3.28. The van der Waals surface area contributed by atoms with Crippen LogP contribution < -0.4 is 0 Å². The SMILES string of the molecule is CC(=O)N(C)C(C(=O)O)c1ccc(-c2ccccc2)cc1. The molecule has 0 aliphatic carbocycles. The average molecular weight is 283 g/mol. The number of nitrogens with zero attached hydrogens (tertiary/aromatic N) is 1. The number of carboxylic acid groups (broad SMARTS) is 1. The Balaban J connectivity index is 2.32. The van der Waals surface area contributed by atoms with Gasteiger partial charge in [-0.25, -0.2) is 4.79 Å². The molecule has 1 unspecified atom stereocenters. The molecule has 1 amide bonds. The van der Waals surface area contributed by atoms with Gasteiger partial charge in [0.1, 0.15) is 0 Å². The highest BCUT2D eigenvalue weighted by Gasteiger charge is 2.26. The molecule has 0 saturated carbocycles. The van der Waals surface area contributed by atoms with E-state index >= 15 is 0 Å². The minimum Gasteiger partial charge on any atom is -0.479 e. The molecular formula is C17H17NO3. The molecule has 1 atom stereocenters. The van der Waals surface area contributed by atoms with Gasteiger partial charge in [0.25, 0.3) is 0 Å². The lowest BCUT2D eigenvalue weighted by Crippen LogP contribution is -2.34. The van der Waals surface area contributed by atoms with E-state index in [2.05, 4.69) is 0 Å². The summed E-state index contributed by atoms with van der Waals surface area (Å²) in [6.07, 6.45) is 0. The van der Waals surface area contributed by atoms with Crippen LogP contribution in [0.25, 0.3) is 11.1 Å². The standard InChI is InChI=1S/C17H17NO3/c1-12(19)18(2)16(17(20)21)15-10-8-14(9-11-15)13-6-4-3-5-7-13/h3-11,16H,1-2H3,(H,20,21). The van der Waals surface area contributed by atoms with Crippen molar-refractivity contribution in [2.45, 2.75) is 13.0 Å². The maximum Gasteiger partial charge on any atom is 0.331 e. The Morgan fingerprint density at radius 2 is 1.48 bits per heavy atom. The van der Waals surface area contributed by atoms with Crippen LogP contribution in [0.1, 0.15) is 18.5 Å². The number of carboxylic acids is 1. The second-order valence-electron chi connectivity index (χ2n) is 4.86. The van der Waals surface area contributed by atoms with Gasteiger partial charge in [-0.2, -0.15) is 0 Å². The second kappa shape index (κ2) is 6.22. The summed E-state index contributed by atoms with van der Waals surface area (Å²) in [5.74, 6) is -1.32. The minimum absolute atomic E-state index is 0.283. The zero-order chi connectivity index (χ0) is 15.4. The first kappa shape index (κ1) is 14.8. The van der Waals surface area contributed by atoms with Gasteiger partial charge in [0.05, 0.1) is 0 Å². The third-order valence-corrected chi connectivity index (χ3v) is 3.45. The maximum atomic E-state index is 11.4. The van der Waals surface area contributed by atoms with E-state index in [9.17, 15) is 14.7 Å². The van der Waals surface area contributed by atoms with Gasteiger partial charge in [0, 0.05) is 14.0 Å². The highest BCUT2D eigenvalue weighted by atomic mass is 16.4. The summed E-state index contributed by atoms with van der Waals surface area (Å²) in [5.41, 5.74) is 2.66. The molecule has 0 heterocycles. The van der Waals surface area contributed by atoms with Crippen molar-refractivity contribution in [3.63, 3.8) is 0 Å². The Labute approximate surface area is 123 Å². The number of rotatable bonds is 4. The normalized spacial score (nSPS) is 11.7. The molecule has 108 valence electrons. The van der Waals surface area contributed by atoms with Crippen molar-refractivity contribution in [1.82, 2.24) is 4.90 Å². The summed E-state index contributed by atoms with van der Waals surface area (Å²) in [7, 11) is 1.49. The first-order valence-corrected chi connectivity index (χ1v) is 6.62. The quantitative estimate of drug-likeness (QED) is 0.938. The fourth-order valence-corrected chi connectivity index (χ4v) is 2.20. The Kier molecular flexibility index (Phi) is 4.38. The lowest BCUT2D eigenvalue weighted by Gasteiger charge is -2.24. The number of amides is 1. The van der Waals surface area contributed by atoms with Crippen LogP contribution in [0, 0.1) is 0 Å². The number of aliphatic carboxylic acids is 1. The molecule has 2 aromatic rings. The molecule has 1 N–H and O–H groups in total. The van der Waals surface area contributed by atoms with Crippen molar-refractivity contribution in [2.75, 3.05) is 7.05 Å². The molecule has 2 rings (SSSR count). The van der Waals surface area contributed by atoms with Crippen LogP contribution in [0.2, 0.25) is 0 Å². The zero-order valence-electron chi connectivity index (χ0n) is 12.0. The van der Waals surface area contributed by atoms with Gasteiger partial charge < -0.3 is 10.0 Å². The first-order valence-electron chi connectivity index (χ1n) is 6.62. The first-order chi connectivity index (χ1) is 10.0. The maximum absolute atomic E-state index is 11.4. The molecule has 0 aliphatic rings. The predicted octanol–water partition coefficient (Wildman–Crippen LogP) is 2.96.